The van der Waals surface area contributed by atoms with Crippen LogP contribution in [0.15, 0.2) is 10.5 Å². The normalized spacial score (nSPS) is 21.1. The lowest BCUT2D eigenvalue weighted by Crippen LogP contribution is -2.27. The third-order valence-electron chi connectivity index (χ3n) is 3.07. The topological polar surface area (TPSA) is 32.3 Å². The molecule has 1 aliphatic heterocycles. The largest absolute Gasteiger partial charge is 0.504 e. The Bertz CT molecular complexity index is 402. The number of phenols is 1. The molecule has 1 atom stereocenters. The Kier molecular flexibility index (Phi) is 3.50. The second kappa shape index (κ2) is 4.72. The lowest BCUT2D eigenvalue weighted by Gasteiger charge is -2.25. The molecule has 0 aliphatic carbocycles. The fourth-order valence-corrected chi connectivity index (χ4v) is 2.44. The molecule has 0 spiro atoms. The van der Waals surface area contributed by atoms with Gasteiger partial charge in [-0.2, -0.15) is 0 Å². The van der Waals surface area contributed by atoms with Gasteiger partial charge in [0.05, 0.1) is 4.47 Å². The maximum Gasteiger partial charge on any atom is 0.170 e. The molecule has 1 saturated heterocycles. The van der Waals surface area contributed by atoms with Crippen molar-refractivity contribution < 1.29 is 9.50 Å². The van der Waals surface area contributed by atoms with E-state index in [1.54, 1.807) is 0 Å². The van der Waals surface area contributed by atoms with E-state index in [0.717, 1.165) is 31.4 Å². The third-order valence-corrected chi connectivity index (χ3v) is 4.07. The van der Waals surface area contributed by atoms with E-state index < -0.39 is 5.82 Å². The second-order valence-electron chi connectivity index (χ2n) is 4.26. The van der Waals surface area contributed by atoms with Gasteiger partial charge in [0, 0.05) is 11.6 Å². The van der Waals surface area contributed by atoms with Gasteiger partial charge in [-0.05, 0) is 47.8 Å². The van der Waals surface area contributed by atoms with Crippen molar-refractivity contribution in [1.82, 2.24) is 5.32 Å². The van der Waals surface area contributed by atoms with E-state index in [2.05, 4.69) is 21.2 Å². The lowest BCUT2D eigenvalue weighted by molar-refractivity contribution is 0.381. The predicted molar refractivity (Wildman–Crippen MR) is 65.1 cm³/mol. The first-order valence-electron chi connectivity index (χ1n) is 5.52. The minimum absolute atomic E-state index is 0.0337. The van der Waals surface area contributed by atoms with Gasteiger partial charge < -0.3 is 10.4 Å². The summed E-state index contributed by atoms with van der Waals surface area (Å²) in [6.07, 6.45) is 3.17. The number of piperidine rings is 1. The van der Waals surface area contributed by atoms with Gasteiger partial charge in [-0.1, -0.05) is 12.5 Å². The molecule has 1 unspecified atom stereocenters. The number of aromatic hydroxyl groups is 1. The fraction of sp³-hybridized carbons (Fsp3) is 0.500. The van der Waals surface area contributed by atoms with Crippen molar-refractivity contribution in [2.24, 2.45) is 0 Å². The smallest absolute Gasteiger partial charge is 0.170 e. The van der Waals surface area contributed by atoms with Crippen LogP contribution in [0.1, 0.15) is 36.4 Å². The van der Waals surface area contributed by atoms with Crippen LogP contribution in [0.5, 0.6) is 5.75 Å². The van der Waals surface area contributed by atoms with Crippen molar-refractivity contribution in [2.45, 2.75) is 32.2 Å². The van der Waals surface area contributed by atoms with Gasteiger partial charge in [0.2, 0.25) is 0 Å². The van der Waals surface area contributed by atoms with E-state index in [9.17, 15) is 9.50 Å². The zero-order valence-corrected chi connectivity index (χ0v) is 10.8. The Morgan fingerprint density at radius 1 is 1.50 bits per heavy atom. The molecule has 1 aromatic rings. The Balaban J connectivity index is 2.40. The van der Waals surface area contributed by atoms with Gasteiger partial charge in [-0.3, -0.25) is 0 Å². The van der Waals surface area contributed by atoms with Gasteiger partial charge in [0.15, 0.2) is 11.6 Å². The van der Waals surface area contributed by atoms with Crippen LogP contribution < -0.4 is 5.32 Å². The van der Waals surface area contributed by atoms with Crippen molar-refractivity contribution in [3.8, 4) is 5.75 Å². The molecule has 88 valence electrons. The molecule has 0 bridgehead atoms. The van der Waals surface area contributed by atoms with Gasteiger partial charge in [-0.15, -0.1) is 0 Å². The van der Waals surface area contributed by atoms with Crippen LogP contribution in [0.25, 0.3) is 0 Å². The molecule has 0 radical (unpaired) electrons. The molecule has 0 aromatic heterocycles. The lowest BCUT2D eigenvalue weighted by atomic mass is 9.95. The molecule has 2 nitrogen and oxygen atoms in total. The Labute approximate surface area is 103 Å². The molecule has 0 saturated carbocycles. The van der Waals surface area contributed by atoms with E-state index >= 15 is 0 Å². The highest BCUT2D eigenvalue weighted by Crippen LogP contribution is 2.36. The van der Waals surface area contributed by atoms with Crippen molar-refractivity contribution in [2.75, 3.05) is 6.54 Å². The number of phenolic OH excluding ortho intramolecular Hbond substituents is 1. The van der Waals surface area contributed by atoms with Gasteiger partial charge in [0.1, 0.15) is 0 Å². The van der Waals surface area contributed by atoms with Gasteiger partial charge in [-0.25, -0.2) is 4.39 Å². The second-order valence-corrected chi connectivity index (χ2v) is 5.05. The molecule has 2 rings (SSSR count). The number of rotatable bonds is 1. The summed E-state index contributed by atoms with van der Waals surface area (Å²) in [6, 6.07) is 1.84. The average molecular weight is 288 g/mol. The summed E-state index contributed by atoms with van der Waals surface area (Å²) < 4.78 is 14.4. The number of benzene rings is 1. The molecule has 4 heteroatoms. The van der Waals surface area contributed by atoms with Crippen molar-refractivity contribution >= 4 is 15.9 Å². The fourth-order valence-electron chi connectivity index (χ4n) is 2.15. The van der Waals surface area contributed by atoms with Crippen LogP contribution in [-0.2, 0) is 0 Å². The van der Waals surface area contributed by atoms with E-state index in [-0.39, 0.29) is 11.8 Å². The SMILES string of the molecule is Cc1cc(C2CCCCN2)c(F)c(O)c1Br. The third kappa shape index (κ3) is 2.09. The minimum atomic E-state index is -0.503. The highest BCUT2D eigenvalue weighted by Gasteiger charge is 2.22. The molecule has 16 heavy (non-hydrogen) atoms. The monoisotopic (exact) mass is 287 g/mol. The number of halogens is 2. The molecular weight excluding hydrogens is 273 g/mol. The first-order chi connectivity index (χ1) is 7.61. The molecule has 1 aromatic carbocycles. The Morgan fingerprint density at radius 2 is 2.25 bits per heavy atom. The van der Waals surface area contributed by atoms with Crippen LogP contribution in [-0.4, -0.2) is 11.7 Å². The molecule has 1 heterocycles. The molecule has 0 amide bonds. The minimum Gasteiger partial charge on any atom is -0.504 e. The maximum absolute atomic E-state index is 13.9. The molecule has 1 aliphatic rings. The molecular formula is C12H15BrFNO. The first-order valence-corrected chi connectivity index (χ1v) is 6.31. The zero-order chi connectivity index (χ0) is 11.7. The van der Waals surface area contributed by atoms with Crippen LogP contribution >= 0.6 is 15.9 Å². The number of nitrogens with one attached hydrogen (secondary N) is 1. The quantitative estimate of drug-likeness (QED) is 0.830. The van der Waals surface area contributed by atoms with E-state index in [1.807, 2.05) is 13.0 Å². The van der Waals surface area contributed by atoms with Gasteiger partial charge >= 0.3 is 0 Å². The molecule has 1 fully saturated rings. The van der Waals surface area contributed by atoms with E-state index in [4.69, 9.17) is 0 Å². The van der Waals surface area contributed by atoms with Crippen LogP contribution in [0.2, 0.25) is 0 Å². The number of aryl methyl sites for hydroxylation is 1. The van der Waals surface area contributed by atoms with Crippen LogP contribution in [0.3, 0.4) is 0 Å². The van der Waals surface area contributed by atoms with Crippen LogP contribution in [0, 0.1) is 12.7 Å². The van der Waals surface area contributed by atoms with E-state index in [0.29, 0.717) is 10.0 Å². The summed E-state index contributed by atoms with van der Waals surface area (Å²) in [7, 11) is 0. The van der Waals surface area contributed by atoms with Crippen LogP contribution in [0.4, 0.5) is 4.39 Å². The Morgan fingerprint density at radius 3 is 2.88 bits per heavy atom. The predicted octanol–water partition coefficient (Wildman–Crippen LogP) is 3.42. The van der Waals surface area contributed by atoms with Gasteiger partial charge in [0.25, 0.3) is 0 Å². The summed E-state index contributed by atoms with van der Waals surface area (Å²) in [6.45, 7) is 2.77. The summed E-state index contributed by atoms with van der Waals surface area (Å²) in [5.41, 5.74) is 1.44. The summed E-state index contributed by atoms with van der Waals surface area (Å²) in [5.74, 6) is -0.778. The summed E-state index contributed by atoms with van der Waals surface area (Å²) in [4.78, 5) is 0. The van der Waals surface area contributed by atoms with Crippen molar-refractivity contribution in [3.63, 3.8) is 0 Å². The van der Waals surface area contributed by atoms with Crippen molar-refractivity contribution in [3.05, 3.63) is 27.5 Å². The Hall–Kier alpha value is -0.610. The number of hydrogen-bond acceptors (Lipinski definition) is 2. The summed E-state index contributed by atoms with van der Waals surface area (Å²) in [5, 5.41) is 12.9. The zero-order valence-electron chi connectivity index (χ0n) is 9.19. The van der Waals surface area contributed by atoms with E-state index in [1.165, 1.54) is 0 Å². The average Bonchev–Trinajstić information content (AvgIpc) is 2.32. The first kappa shape index (κ1) is 11.9. The standard InChI is InChI=1S/C12H15BrFNO/c1-7-6-8(9-4-2-3-5-15-9)11(14)12(16)10(7)13/h6,9,15-16H,2-5H2,1H3. The highest BCUT2D eigenvalue weighted by molar-refractivity contribution is 9.10. The highest BCUT2D eigenvalue weighted by atomic mass is 79.9. The molecule has 2 N–H and O–H groups in total. The number of hydrogen-bond donors (Lipinski definition) is 2. The summed E-state index contributed by atoms with van der Waals surface area (Å²) >= 11 is 3.18. The maximum atomic E-state index is 13.9. The van der Waals surface area contributed by atoms with Crippen molar-refractivity contribution in [1.29, 1.82) is 0 Å².